The fourth-order valence-corrected chi connectivity index (χ4v) is 5.11. The summed E-state index contributed by atoms with van der Waals surface area (Å²) in [6.07, 6.45) is 1.31. The smallest absolute Gasteiger partial charge is 0.326 e. The van der Waals surface area contributed by atoms with Gasteiger partial charge in [-0.1, -0.05) is 30.3 Å². The molecule has 23 N–H and O–H groups in total. The van der Waals surface area contributed by atoms with E-state index >= 15 is 0 Å². The predicted molar refractivity (Wildman–Crippen MR) is 213 cm³/mol. The first kappa shape index (κ1) is 47.6. The number of aliphatic imine (C=N–C) groups is 4. The lowest BCUT2D eigenvalue weighted by Crippen LogP contribution is -2.59. The topological polar surface area (TPSA) is 437 Å². The second-order valence-electron chi connectivity index (χ2n) is 12.7. The summed E-state index contributed by atoms with van der Waals surface area (Å²) < 4.78 is 0. The van der Waals surface area contributed by atoms with E-state index in [2.05, 4.69) is 41.2 Å². The zero-order valence-electron chi connectivity index (χ0n) is 31.4. The number of hydrogen-bond acceptors (Lipinski definition) is 10. The number of nitrogens with one attached hydrogen (secondary N) is 4. The van der Waals surface area contributed by atoms with Crippen LogP contribution in [0.25, 0.3) is 0 Å². The van der Waals surface area contributed by atoms with Crippen LogP contribution in [0.2, 0.25) is 0 Å². The normalized spacial score (nSPS) is 13.2. The molecule has 56 heavy (non-hydrogen) atoms. The number of benzene rings is 1. The van der Waals surface area contributed by atoms with Crippen molar-refractivity contribution in [3.8, 4) is 0 Å². The second-order valence-corrected chi connectivity index (χ2v) is 12.7. The highest BCUT2D eigenvalue weighted by atomic mass is 16.4. The third kappa shape index (κ3) is 21.3. The molecule has 0 heterocycles. The number of rotatable bonds is 27. The van der Waals surface area contributed by atoms with E-state index in [0.717, 1.165) is 0 Å². The minimum absolute atomic E-state index is 0.00869. The van der Waals surface area contributed by atoms with Crippen molar-refractivity contribution in [2.75, 3.05) is 26.2 Å². The number of carboxylic acid groups (broad SMARTS) is 1. The van der Waals surface area contributed by atoms with Crippen molar-refractivity contribution in [2.45, 2.75) is 88.0 Å². The quantitative estimate of drug-likeness (QED) is 0.0225. The van der Waals surface area contributed by atoms with Gasteiger partial charge in [-0.05, 0) is 56.9 Å². The van der Waals surface area contributed by atoms with Gasteiger partial charge in [0, 0.05) is 32.6 Å². The average Bonchev–Trinajstić information content (AvgIpc) is 3.13. The van der Waals surface area contributed by atoms with Crippen LogP contribution in [-0.2, 0) is 30.4 Å². The molecule has 0 aliphatic carbocycles. The summed E-state index contributed by atoms with van der Waals surface area (Å²) in [6.45, 7) is 0.613. The summed E-state index contributed by atoms with van der Waals surface area (Å²) in [5.74, 6) is -4.87. The minimum atomic E-state index is -1.34. The summed E-state index contributed by atoms with van der Waals surface area (Å²) in [5, 5.41) is 20.3. The molecule has 0 spiro atoms. The van der Waals surface area contributed by atoms with Crippen molar-refractivity contribution in [1.29, 1.82) is 0 Å². The molecule has 0 aromatic heterocycles. The first-order valence-corrected chi connectivity index (χ1v) is 17.9. The maximum absolute atomic E-state index is 14.0. The maximum atomic E-state index is 14.0. The highest BCUT2D eigenvalue weighted by molar-refractivity contribution is 5.95. The Morgan fingerprint density at radius 2 is 0.839 bits per heavy atom. The number of amides is 4. The Bertz CT molecular complexity index is 1520. The SMILES string of the molecule is NC(N)=NCCC[C@H](NC(=O)[C@H](CCCN=C(N)N)NC(=O)[C@H](Cc1ccccc1)NC(=O)[C@H](CCCN=C(N)N)NC(=O)[C@@H](N)CCCN=C(N)N)C(=O)O. The third-order valence-electron chi connectivity index (χ3n) is 7.94. The number of carboxylic acids is 1. The van der Waals surface area contributed by atoms with Crippen LogP contribution < -0.4 is 72.9 Å². The summed E-state index contributed by atoms with van der Waals surface area (Å²) in [7, 11) is 0. The standard InChI is InChI=1S/C33H59N17O6/c34-20(10-4-14-43-30(35)36)25(51)47-21(11-5-15-44-31(37)38)27(53)50-24(18-19-8-2-1-3-9-19)28(54)48-22(12-6-16-45-32(39)40)26(52)49-23(29(55)56)13-7-17-46-33(41)42/h1-3,8-9,20-24H,4-7,10-18,34H2,(H,47,51)(H,48,54)(H,49,52)(H,50,53)(H,55,56)(H4,35,36,43)(H4,37,38,44)(H4,39,40,45)(H4,41,42,46)/t20-,21-,22-,23-,24-/m0/s1. The Morgan fingerprint density at radius 3 is 1.25 bits per heavy atom. The van der Waals surface area contributed by atoms with Crippen molar-refractivity contribution >= 4 is 53.4 Å². The lowest BCUT2D eigenvalue weighted by Gasteiger charge is -2.26. The number of hydrogen-bond donors (Lipinski definition) is 14. The van der Waals surface area contributed by atoms with Crippen LogP contribution in [0.15, 0.2) is 50.3 Å². The van der Waals surface area contributed by atoms with Crippen molar-refractivity contribution in [3.63, 3.8) is 0 Å². The molecule has 1 aromatic carbocycles. The molecule has 0 aliphatic heterocycles. The highest BCUT2D eigenvalue weighted by Crippen LogP contribution is 2.09. The summed E-state index contributed by atoms with van der Waals surface area (Å²) in [6, 6.07) is 2.64. The van der Waals surface area contributed by atoms with Crippen molar-refractivity contribution in [2.24, 2.45) is 71.6 Å². The van der Waals surface area contributed by atoms with E-state index in [-0.39, 0.29) is 101 Å². The summed E-state index contributed by atoms with van der Waals surface area (Å²) in [5.41, 5.74) is 49.8. The van der Waals surface area contributed by atoms with Gasteiger partial charge in [-0.25, -0.2) is 4.79 Å². The minimum Gasteiger partial charge on any atom is -0.480 e. The molecule has 1 aromatic rings. The maximum Gasteiger partial charge on any atom is 0.326 e. The van der Waals surface area contributed by atoms with Gasteiger partial charge in [0.2, 0.25) is 23.6 Å². The van der Waals surface area contributed by atoms with E-state index in [4.69, 9.17) is 51.6 Å². The molecule has 23 nitrogen and oxygen atoms in total. The van der Waals surface area contributed by atoms with E-state index in [9.17, 15) is 29.1 Å². The molecule has 1 rings (SSSR count). The van der Waals surface area contributed by atoms with Crippen LogP contribution in [0.5, 0.6) is 0 Å². The average molecular weight is 790 g/mol. The van der Waals surface area contributed by atoms with Gasteiger partial charge in [-0.15, -0.1) is 0 Å². The monoisotopic (exact) mass is 789 g/mol. The summed E-state index contributed by atoms with van der Waals surface area (Å²) in [4.78, 5) is 82.1. The van der Waals surface area contributed by atoms with Crippen LogP contribution in [0.3, 0.4) is 0 Å². The third-order valence-corrected chi connectivity index (χ3v) is 7.94. The van der Waals surface area contributed by atoms with Crippen LogP contribution in [0.4, 0.5) is 0 Å². The fourth-order valence-electron chi connectivity index (χ4n) is 5.11. The highest BCUT2D eigenvalue weighted by Gasteiger charge is 2.32. The summed E-state index contributed by atoms with van der Waals surface area (Å²) >= 11 is 0. The lowest BCUT2D eigenvalue weighted by atomic mass is 10.0. The molecular formula is C33H59N17O6. The van der Waals surface area contributed by atoms with E-state index in [0.29, 0.717) is 12.0 Å². The van der Waals surface area contributed by atoms with Gasteiger partial charge >= 0.3 is 5.97 Å². The lowest BCUT2D eigenvalue weighted by molar-refractivity contribution is -0.142. The molecule has 0 saturated carbocycles. The Labute approximate surface area is 325 Å². The first-order valence-electron chi connectivity index (χ1n) is 17.9. The number of nitrogens with zero attached hydrogens (tertiary/aromatic N) is 4. The second kappa shape index (κ2) is 26.4. The zero-order chi connectivity index (χ0) is 42.0. The van der Waals surface area contributed by atoms with Crippen LogP contribution >= 0.6 is 0 Å². The Morgan fingerprint density at radius 1 is 0.500 bits per heavy atom. The van der Waals surface area contributed by atoms with E-state index in [1.54, 1.807) is 30.3 Å². The largest absolute Gasteiger partial charge is 0.480 e. The van der Waals surface area contributed by atoms with Crippen LogP contribution in [0, 0.1) is 0 Å². The van der Waals surface area contributed by atoms with Crippen LogP contribution in [-0.4, -0.2) is 115 Å². The first-order chi connectivity index (χ1) is 26.5. The Kier molecular flexibility index (Phi) is 22.5. The molecule has 0 radical (unpaired) electrons. The molecule has 4 amide bonds. The van der Waals surface area contributed by atoms with Gasteiger partial charge in [0.15, 0.2) is 23.8 Å². The van der Waals surface area contributed by atoms with Gasteiger partial charge in [0.25, 0.3) is 0 Å². The number of guanidine groups is 4. The van der Waals surface area contributed by atoms with Gasteiger partial charge in [0.1, 0.15) is 24.2 Å². The van der Waals surface area contributed by atoms with Gasteiger partial charge in [-0.2, -0.15) is 0 Å². The van der Waals surface area contributed by atoms with E-state index in [1.165, 1.54) is 0 Å². The molecule has 0 unspecified atom stereocenters. The fraction of sp³-hybridized carbons (Fsp3) is 0.545. The number of nitrogens with two attached hydrogens (primary N) is 9. The zero-order valence-corrected chi connectivity index (χ0v) is 31.4. The molecule has 0 fully saturated rings. The molecule has 23 heteroatoms. The van der Waals surface area contributed by atoms with Crippen molar-refractivity contribution in [3.05, 3.63) is 35.9 Å². The molecular weight excluding hydrogens is 730 g/mol. The molecule has 312 valence electrons. The van der Waals surface area contributed by atoms with Gasteiger partial charge in [0.05, 0.1) is 6.04 Å². The molecule has 0 saturated heterocycles. The van der Waals surface area contributed by atoms with Gasteiger partial charge in [-0.3, -0.25) is 39.1 Å². The number of aliphatic carboxylic acids is 1. The molecule has 5 atom stereocenters. The predicted octanol–water partition coefficient (Wildman–Crippen LogP) is -5.21. The van der Waals surface area contributed by atoms with Crippen LogP contribution in [0.1, 0.15) is 56.9 Å². The van der Waals surface area contributed by atoms with Crippen molar-refractivity contribution in [1.82, 2.24) is 21.3 Å². The molecule has 0 aliphatic rings. The van der Waals surface area contributed by atoms with E-state index in [1.807, 2.05) is 0 Å². The Hall–Kier alpha value is -6.39. The van der Waals surface area contributed by atoms with E-state index < -0.39 is 59.8 Å². The number of carbonyl (C=O) groups is 5. The van der Waals surface area contributed by atoms with Gasteiger partial charge < -0.3 is 78.0 Å². The van der Waals surface area contributed by atoms with Crippen molar-refractivity contribution < 1.29 is 29.1 Å². The number of carbonyl (C=O) groups excluding carboxylic acids is 4. The molecule has 0 bridgehead atoms. The Balaban J connectivity index is 3.36.